The van der Waals surface area contributed by atoms with Crippen LogP contribution >= 0.6 is 0 Å². The molecule has 0 amide bonds. The third-order valence-corrected chi connectivity index (χ3v) is 4.87. The lowest BCUT2D eigenvalue weighted by atomic mass is 10.2. The van der Waals surface area contributed by atoms with E-state index in [-0.39, 0.29) is 10.5 Å². The van der Waals surface area contributed by atoms with Crippen LogP contribution in [-0.2, 0) is 14.8 Å². The van der Waals surface area contributed by atoms with E-state index in [1.165, 1.54) is 31.4 Å². The Balaban J connectivity index is 1.91. The smallest absolute Gasteiger partial charge is 0.337 e. The number of anilines is 1. The number of rotatable bonds is 5. The largest absolute Gasteiger partial charge is 0.465 e. The minimum Gasteiger partial charge on any atom is -0.465 e. The van der Waals surface area contributed by atoms with Gasteiger partial charge in [0.25, 0.3) is 10.0 Å². The van der Waals surface area contributed by atoms with Crippen molar-refractivity contribution in [3.63, 3.8) is 0 Å². The van der Waals surface area contributed by atoms with Crippen LogP contribution in [0.5, 0.6) is 0 Å². The van der Waals surface area contributed by atoms with Crippen LogP contribution in [0.1, 0.15) is 10.4 Å². The Morgan fingerprint density at radius 1 is 1.08 bits per heavy atom. The Bertz CT molecular complexity index is 981. The van der Waals surface area contributed by atoms with Crippen LogP contribution < -0.4 is 4.72 Å². The SMILES string of the molecule is COC(=O)c1ccc(S(=O)(=O)Nc2ccccc2-n2cccn2)cc1. The molecule has 0 spiro atoms. The Kier molecular flexibility index (Phi) is 4.53. The van der Waals surface area contributed by atoms with Crippen molar-refractivity contribution in [2.45, 2.75) is 4.90 Å². The van der Waals surface area contributed by atoms with Crippen LogP contribution in [0, 0.1) is 0 Å². The highest BCUT2D eigenvalue weighted by molar-refractivity contribution is 7.92. The maximum Gasteiger partial charge on any atom is 0.337 e. The summed E-state index contributed by atoms with van der Waals surface area (Å²) in [5.41, 5.74) is 1.27. The fourth-order valence-electron chi connectivity index (χ4n) is 2.26. The van der Waals surface area contributed by atoms with Crippen LogP contribution in [0.25, 0.3) is 5.69 Å². The molecule has 0 radical (unpaired) electrons. The Morgan fingerprint density at radius 3 is 2.44 bits per heavy atom. The van der Waals surface area contributed by atoms with Crippen LogP contribution in [0.2, 0.25) is 0 Å². The molecular formula is C17H15N3O4S. The van der Waals surface area contributed by atoms with E-state index in [9.17, 15) is 13.2 Å². The fourth-order valence-corrected chi connectivity index (χ4v) is 3.34. The number of carbonyl (C=O) groups is 1. The van der Waals surface area contributed by atoms with E-state index in [1.54, 1.807) is 47.4 Å². The first kappa shape index (κ1) is 16.7. The van der Waals surface area contributed by atoms with E-state index in [0.29, 0.717) is 11.4 Å². The molecule has 3 aromatic rings. The standard InChI is InChI=1S/C17H15N3O4S/c1-24-17(21)13-7-9-14(10-8-13)25(22,23)19-15-5-2-3-6-16(15)20-12-4-11-18-20/h2-12,19H,1H3. The van der Waals surface area contributed by atoms with Crippen LogP contribution in [0.15, 0.2) is 71.9 Å². The van der Waals surface area contributed by atoms with Crippen molar-refractivity contribution < 1.29 is 17.9 Å². The van der Waals surface area contributed by atoms with Crippen molar-refractivity contribution >= 4 is 21.7 Å². The van der Waals surface area contributed by atoms with Gasteiger partial charge in [-0.05, 0) is 42.5 Å². The summed E-state index contributed by atoms with van der Waals surface area (Å²) in [5, 5.41) is 4.12. The summed E-state index contributed by atoms with van der Waals surface area (Å²) in [4.78, 5) is 11.5. The predicted octanol–water partition coefficient (Wildman–Crippen LogP) is 2.46. The molecule has 0 bridgehead atoms. The number of esters is 1. The van der Waals surface area contributed by atoms with Crippen molar-refractivity contribution in [1.29, 1.82) is 0 Å². The van der Waals surface area contributed by atoms with Crippen molar-refractivity contribution in [1.82, 2.24) is 9.78 Å². The summed E-state index contributed by atoms with van der Waals surface area (Å²) in [5.74, 6) is -0.527. The lowest BCUT2D eigenvalue weighted by Gasteiger charge is -2.12. The number of aromatic nitrogens is 2. The molecule has 7 nitrogen and oxygen atoms in total. The average molecular weight is 357 g/mol. The quantitative estimate of drug-likeness (QED) is 0.709. The molecule has 0 saturated carbocycles. The summed E-state index contributed by atoms with van der Waals surface area (Å²) >= 11 is 0. The Morgan fingerprint density at radius 2 is 1.80 bits per heavy atom. The van der Waals surface area contributed by atoms with Gasteiger partial charge in [0.1, 0.15) is 0 Å². The number of hydrogen-bond donors (Lipinski definition) is 1. The molecule has 0 aliphatic carbocycles. The second kappa shape index (κ2) is 6.78. The van der Waals surface area contributed by atoms with Gasteiger partial charge in [0.2, 0.25) is 0 Å². The van der Waals surface area contributed by atoms with E-state index in [2.05, 4.69) is 14.6 Å². The summed E-state index contributed by atoms with van der Waals surface area (Å²) < 4.78 is 34.0. The van der Waals surface area contributed by atoms with Gasteiger partial charge in [-0.2, -0.15) is 5.10 Å². The highest BCUT2D eigenvalue weighted by Crippen LogP contribution is 2.23. The maximum atomic E-state index is 12.6. The van der Waals surface area contributed by atoms with Crippen molar-refractivity contribution in [2.24, 2.45) is 0 Å². The summed E-state index contributed by atoms with van der Waals surface area (Å²) in [7, 11) is -2.55. The predicted molar refractivity (Wildman–Crippen MR) is 92.2 cm³/mol. The fraction of sp³-hybridized carbons (Fsp3) is 0.0588. The third kappa shape index (κ3) is 3.53. The number of methoxy groups -OCH3 is 1. The van der Waals surface area contributed by atoms with Crippen LogP contribution in [0.4, 0.5) is 5.69 Å². The highest BCUT2D eigenvalue weighted by Gasteiger charge is 2.17. The molecule has 0 aliphatic heterocycles. The lowest BCUT2D eigenvalue weighted by molar-refractivity contribution is 0.0600. The molecule has 0 atom stereocenters. The second-order valence-electron chi connectivity index (χ2n) is 5.09. The molecule has 25 heavy (non-hydrogen) atoms. The normalized spacial score (nSPS) is 11.1. The van der Waals surface area contributed by atoms with Crippen LogP contribution in [-0.4, -0.2) is 31.3 Å². The molecule has 1 heterocycles. The summed E-state index contributed by atoms with van der Waals surface area (Å²) in [6.07, 6.45) is 3.33. The van der Waals surface area contributed by atoms with Gasteiger partial charge in [-0.1, -0.05) is 12.1 Å². The first-order chi connectivity index (χ1) is 12.0. The number of nitrogens with zero attached hydrogens (tertiary/aromatic N) is 2. The van der Waals surface area contributed by atoms with Gasteiger partial charge in [-0.25, -0.2) is 17.9 Å². The number of nitrogens with one attached hydrogen (secondary N) is 1. The minimum atomic E-state index is -3.82. The third-order valence-electron chi connectivity index (χ3n) is 3.49. The van der Waals surface area contributed by atoms with E-state index in [0.717, 1.165) is 0 Å². The van der Waals surface area contributed by atoms with Gasteiger partial charge in [0, 0.05) is 12.4 Å². The Labute approximate surface area is 144 Å². The molecule has 1 aromatic heterocycles. The van der Waals surface area contributed by atoms with Crippen LogP contribution in [0.3, 0.4) is 0 Å². The molecular weight excluding hydrogens is 342 g/mol. The topological polar surface area (TPSA) is 90.3 Å². The molecule has 3 rings (SSSR count). The van der Waals surface area contributed by atoms with Crippen molar-refractivity contribution in [2.75, 3.05) is 11.8 Å². The van der Waals surface area contributed by atoms with E-state index < -0.39 is 16.0 Å². The molecule has 128 valence electrons. The second-order valence-corrected chi connectivity index (χ2v) is 6.77. The summed E-state index contributed by atoms with van der Waals surface area (Å²) in [6.45, 7) is 0. The number of hydrogen-bond acceptors (Lipinski definition) is 5. The maximum absolute atomic E-state index is 12.6. The zero-order chi connectivity index (χ0) is 17.9. The molecule has 0 unspecified atom stereocenters. The zero-order valence-corrected chi connectivity index (χ0v) is 14.1. The number of benzene rings is 2. The number of sulfonamides is 1. The monoisotopic (exact) mass is 357 g/mol. The van der Waals surface area contributed by atoms with Crippen molar-refractivity contribution in [3.05, 3.63) is 72.6 Å². The number of carbonyl (C=O) groups excluding carboxylic acids is 1. The highest BCUT2D eigenvalue weighted by atomic mass is 32.2. The van der Waals surface area contributed by atoms with Gasteiger partial charge in [0.15, 0.2) is 0 Å². The van der Waals surface area contributed by atoms with E-state index in [1.807, 2.05) is 0 Å². The van der Waals surface area contributed by atoms with Gasteiger partial charge < -0.3 is 4.74 Å². The van der Waals surface area contributed by atoms with Gasteiger partial charge in [0.05, 0.1) is 28.9 Å². The van der Waals surface area contributed by atoms with E-state index >= 15 is 0 Å². The summed E-state index contributed by atoms with van der Waals surface area (Å²) in [6, 6.07) is 14.2. The van der Waals surface area contributed by atoms with Gasteiger partial charge in [-0.3, -0.25) is 4.72 Å². The van der Waals surface area contributed by atoms with Gasteiger partial charge >= 0.3 is 5.97 Å². The molecule has 0 aliphatic rings. The first-order valence-electron chi connectivity index (χ1n) is 7.31. The van der Waals surface area contributed by atoms with E-state index in [4.69, 9.17) is 0 Å². The molecule has 8 heteroatoms. The Hall–Kier alpha value is -3.13. The van der Waals surface area contributed by atoms with Gasteiger partial charge in [-0.15, -0.1) is 0 Å². The molecule has 2 aromatic carbocycles. The number of para-hydroxylation sites is 2. The molecule has 0 fully saturated rings. The zero-order valence-electron chi connectivity index (χ0n) is 13.3. The number of ether oxygens (including phenoxy) is 1. The average Bonchev–Trinajstić information content (AvgIpc) is 3.16. The minimum absolute atomic E-state index is 0.0374. The molecule has 0 saturated heterocycles. The van der Waals surface area contributed by atoms with Crippen molar-refractivity contribution in [3.8, 4) is 5.69 Å². The molecule has 1 N–H and O–H groups in total. The first-order valence-corrected chi connectivity index (χ1v) is 8.80. The lowest BCUT2D eigenvalue weighted by Crippen LogP contribution is -2.15.